The normalized spacial score (nSPS) is 12.0. The van der Waals surface area contributed by atoms with Crippen LogP contribution in [0.1, 0.15) is 18.2 Å². The summed E-state index contributed by atoms with van der Waals surface area (Å²) in [5.41, 5.74) is 11.7. The Morgan fingerprint density at radius 3 is 2.66 bits per heavy atom. The molecule has 4 rings (SSSR count). The molecule has 2 heterocycles. The van der Waals surface area contributed by atoms with Crippen molar-refractivity contribution in [3.8, 4) is 11.1 Å². The molecule has 2 aromatic heterocycles. The molecule has 0 saturated heterocycles. The molecule has 0 atom stereocenters. The Labute approximate surface area is 187 Å². The zero-order valence-electron chi connectivity index (χ0n) is 17.9. The topological polar surface area (TPSA) is 73.9 Å². The second-order valence-corrected chi connectivity index (χ2v) is 7.16. The van der Waals surface area contributed by atoms with Crippen molar-refractivity contribution in [3.05, 3.63) is 115 Å². The average molecular weight is 421 g/mol. The predicted octanol–water partition coefficient (Wildman–Crippen LogP) is 5.96. The lowest BCUT2D eigenvalue weighted by Gasteiger charge is -2.12. The minimum absolute atomic E-state index is 0.455. The van der Waals surface area contributed by atoms with Crippen LogP contribution in [0.25, 0.3) is 27.6 Å². The molecule has 0 bridgehead atoms. The molecule has 0 saturated carbocycles. The fourth-order valence-electron chi connectivity index (χ4n) is 3.45. The Morgan fingerprint density at radius 1 is 1.03 bits per heavy atom. The zero-order valence-corrected chi connectivity index (χ0v) is 17.9. The molecule has 0 aliphatic rings. The number of fused-ring (bicyclic) bond motifs is 1. The van der Waals surface area contributed by atoms with Gasteiger partial charge < -0.3 is 10.5 Å². The van der Waals surface area contributed by atoms with Gasteiger partial charge in [-0.15, -0.1) is 0 Å². The third-order valence-corrected chi connectivity index (χ3v) is 5.12. The summed E-state index contributed by atoms with van der Waals surface area (Å²) in [6, 6.07) is 20.0. The van der Waals surface area contributed by atoms with Gasteiger partial charge in [0.25, 0.3) is 0 Å². The summed E-state index contributed by atoms with van der Waals surface area (Å²) in [4.78, 5) is 13.1. The van der Waals surface area contributed by atoms with Gasteiger partial charge in [0.1, 0.15) is 24.5 Å². The van der Waals surface area contributed by atoms with Gasteiger partial charge in [-0.1, -0.05) is 55.1 Å². The molecule has 0 unspecified atom stereocenters. The van der Waals surface area contributed by atoms with Crippen molar-refractivity contribution >= 4 is 22.3 Å². The van der Waals surface area contributed by atoms with E-state index in [2.05, 4.69) is 21.5 Å². The van der Waals surface area contributed by atoms with Gasteiger partial charge in [0.2, 0.25) is 0 Å². The highest BCUT2D eigenvalue weighted by Crippen LogP contribution is 2.31. The van der Waals surface area contributed by atoms with Crippen molar-refractivity contribution in [2.24, 2.45) is 0 Å². The van der Waals surface area contributed by atoms with E-state index in [9.17, 15) is 0 Å². The fourth-order valence-corrected chi connectivity index (χ4v) is 3.45. The number of allylic oxidation sites excluding steroid dienone is 4. The number of nitrogen functional groups attached to an aromatic ring is 1. The van der Waals surface area contributed by atoms with E-state index in [1.807, 2.05) is 79.7 Å². The van der Waals surface area contributed by atoms with Crippen LogP contribution in [0.3, 0.4) is 0 Å². The molecule has 0 amide bonds. The van der Waals surface area contributed by atoms with Gasteiger partial charge in [0.15, 0.2) is 0 Å². The van der Waals surface area contributed by atoms with E-state index in [4.69, 9.17) is 10.5 Å². The molecule has 32 heavy (non-hydrogen) atoms. The Bertz CT molecular complexity index is 1310. The summed E-state index contributed by atoms with van der Waals surface area (Å²) in [7, 11) is 0. The predicted molar refractivity (Wildman–Crippen MR) is 130 cm³/mol. The van der Waals surface area contributed by atoms with Gasteiger partial charge in [0, 0.05) is 22.7 Å². The standard InChI is InChI=1S/C27H24N4O/c1-3-20(15-22(4-2)32-17-19-9-6-5-7-10-19)26-23(11-8-14-29-26)21-12-13-25-24(16-21)27(28)31-18-30-25/h3-16,18H,2,17H2,1H3,(H2,28,30,31)/b20-3+,22-15+. The maximum atomic E-state index is 6.08. The van der Waals surface area contributed by atoms with Gasteiger partial charge in [0.05, 0.1) is 11.2 Å². The van der Waals surface area contributed by atoms with Crippen molar-refractivity contribution in [1.29, 1.82) is 0 Å². The molecule has 0 fully saturated rings. The van der Waals surface area contributed by atoms with Crippen molar-refractivity contribution in [2.75, 3.05) is 5.73 Å². The second kappa shape index (κ2) is 9.71. The van der Waals surface area contributed by atoms with Crippen LogP contribution in [0.5, 0.6) is 0 Å². The van der Waals surface area contributed by atoms with Gasteiger partial charge in [-0.25, -0.2) is 9.97 Å². The summed E-state index contributed by atoms with van der Waals surface area (Å²) in [5.74, 6) is 1.13. The van der Waals surface area contributed by atoms with Crippen LogP contribution in [-0.4, -0.2) is 15.0 Å². The SMILES string of the molecule is C=C/C(=C\C(=C/C)c1ncccc1-c1ccc2ncnc(N)c2c1)OCc1ccccc1. The molecular weight excluding hydrogens is 396 g/mol. The number of nitrogens with zero attached hydrogens (tertiary/aromatic N) is 3. The lowest BCUT2D eigenvalue weighted by molar-refractivity contribution is 0.211. The van der Waals surface area contributed by atoms with Gasteiger partial charge in [-0.05, 0) is 48.4 Å². The number of hydrogen-bond acceptors (Lipinski definition) is 5. The maximum Gasteiger partial charge on any atom is 0.134 e. The third-order valence-electron chi connectivity index (χ3n) is 5.12. The molecule has 0 radical (unpaired) electrons. The number of anilines is 1. The zero-order chi connectivity index (χ0) is 22.3. The summed E-state index contributed by atoms with van der Waals surface area (Å²) in [6.45, 7) is 6.36. The van der Waals surface area contributed by atoms with E-state index in [-0.39, 0.29) is 0 Å². The first-order chi connectivity index (χ1) is 15.7. The van der Waals surface area contributed by atoms with Crippen LogP contribution < -0.4 is 5.73 Å². The Balaban J connectivity index is 1.69. The lowest BCUT2D eigenvalue weighted by Crippen LogP contribution is -1.97. The maximum absolute atomic E-state index is 6.08. The molecule has 2 aromatic carbocycles. The number of rotatable bonds is 7. The number of ether oxygens (including phenoxy) is 1. The van der Waals surface area contributed by atoms with Crippen molar-refractivity contribution in [1.82, 2.24) is 15.0 Å². The number of benzene rings is 2. The van der Waals surface area contributed by atoms with E-state index in [1.54, 1.807) is 12.3 Å². The molecule has 0 aliphatic heterocycles. The summed E-state index contributed by atoms with van der Waals surface area (Å²) < 4.78 is 5.99. The smallest absolute Gasteiger partial charge is 0.134 e. The van der Waals surface area contributed by atoms with Gasteiger partial charge in [-0.2, -0.15) is 0 Å². The number of nitrogens with two attached hydrogens (primary N) is 1. The largest absolute Gasteiger partial charge is 0.489 e. The van der Waals surface area contributed by atoms with E-state index < -0.39 is 0 Å². The summed E-state index contributed by atoms with van der Waals surface area (Å²) >= 11 is 0. The molecule has 4 aromatic rings. The highest BCUT2D eigenvalue weighted by Gasteiger charge is 2.12. The highest BCUT2D eigenvalue weighted by atomic mass is 16.5. The first kappa shape index (κ1) is 21.0. The van der Waals surface area contributed by atoms with Gasteiger partial charge in [-0.3, -0.25) is 4.98 Å². The number of aromatic nitrogens is 3. The van der Waals surface area contributed by atoms with Crippen molar-refractivity contribution < 1.29 is 4.74 Å². The fraction of sp³-hybridized carbons (Fsp3) is 0.0741. The van der Waals surface area contributed by atoms with Crippen molar-refractivity contribution in [2.45, 2.75) is 13.5 Å². The van der Waals surface area contributed by atoms with Crippen LogP contribution in [0, 0.1) is 0 Å². The Kier molecular flexibility index (Phi) is 6.37. The molecule has 0 aliphatic carbocycles. The minimum atomic E-state index is 0.455. The van der Waals surface area contributed by atoms with Crippen LogP contribution in [0.4, 0.5) is 5.82 Å². The quantitative estimate of drug-likeness (QED) is 0.295. The first-order valence-corrected chi connectivity index (χ1v) is 10.3. The Hall–Kier alpha value is -4.25. The molecule has 5 heteroatoms. The van der Waals surface area contributed by atoms with Gasteiger partial charge >= 0.3 is 0 Å². The Morgan fingerprint density at radius 2 is 1.88 bits per heavy atom. The van der Waals surface area contributed by atoms with Crippen molar-refractivity contribution in [3.63, 3.8) is 0 Å². The van der Waals surface area contributed by atoms with E-state index in [0.29, 0.717) is 18.2 Å². The lowest BCUT2D eigenvalue weighted by atomic mass is 9.97. The molecule has 158 valence electrons. The van der Waals surface area contributed by atoms with E-state index >= 15 is 0 Å². The molecule has 2 N–H and O–H groups in total. The van der Waals surface area contributed by atoms with Crippen LogP contribution in [0.2, 0.25) is 0 Å². The average Bonchev–Trinajstić information content (AvgIpc) is 2.85. The van der Waals surface area contributed by atoms with Crippen LogP contribution in [0.15, 0.2) is 104 Å². The van der Waals surface area contributed by atoms with E-state index in [1.165, 1.54) is 6.33 Å². The minimum Gasteiger partial charge on any atom is -0.489 e. The van der Waals surface area contributed by atoms with E-state index in [0.717, 1.165) is 38.9 Å². The van der Waals surface area contributed by atoms with Crippen LogP contribution >= 0.6 is 0 Å². The first-order valence-electron chi connectivity index (χ1n) is 10.3. The number of hydrogen-bond donors (Lipinski definition) is 1. The summed E-state index contributed by atoms with van der Waals surface area (Å²) in [5, 5.41) is 0.815. The van der Waals surface area contributed by atoms with Crippen LogP contribution in [-0.2, 0) is 11.3 Å². The molecule has 0 spiro atoms. The molecular formula is C27H24N4O. The second-order valence-electron chi connectivity index (χ2n) is 7.16. The summed E-state index contributed by atoms with van der Waals surface area (Å²) in [6.07, 6.45) is 8.94. The highest BCUT2D eigenvalue weighted by molar-refractivity contribution is 5.93. The molecule has 5 nitrogen and oxygen atoms in total. The number of pyridine rings is 1. The monoisotopic (exact) mass is 420 g/mol. The third kappa shape index (κ3) is 4.57.